The highest BCUT2D eigenvalue weighted by atomic mass is 16.5. The van der Waals surface area contributed by atoms with E-state index in [1.54, 1.807) is 13.3 Å². The summed E-state index contributed by atoms with van der Waals surface area (Å²) < 4.78 is 7.17. The van der Waals surface area contributed by atoms with E-state index in [4.69, 9.17) is 9.84 Å². The van der Waals surface area contributed by atoms with E-state index in [1.807, 2.05) is 22.9 Å². The fourth-order valence-corrected chi connectivity index (χ4v) is 4.02. The number of benzene rings is 1. The van der Waals surface area contributed by atoms with Crippen molar-refractivity contribution in [2.45, 2.75) is 32.4 Å². The maximum atomic E-state index is 11.2. The van der Waals surface area contributed by atoms with Crippen LogP contribution in [-0.2, 0) is 17.9 Å². The Balaban J connectivity index is 1.47. The molecule has 3 heterocycles. The molecule has 0 unspecified atom stereocenters. The second kappa shape index (κ2) is 8.61. The molecule has 0 aliphatic carbocycles. The molecule has 1 fully saturated rings. The van der Waals surface area contributed by atoms with E-state index in [-0.39, 0.29) is 5.91 Å². The van der Waals surface area contributed by atoms with Gasteiger partial charge in [-0.15, -0.1) is 0 Å². The van der Waals surface area contributed by atoms with Crippen molar-refractivity contribution in [3.8, 4) is 5.75 Å². The third-order valence-electron chi connectivity index (χ3n) is 5.46. The van der Waals surface area contributed by atoms with E-state index in [2.05, 4.69) is 33.4 Å². The van der Waals surface area contributed by atoms with Crippen molar-refractivity contribution in [1.82, 2.24) is 25.0 Å². The Labute approximate surface area is 170 Å². The van der Waals surface area contributed by atoms with Gasteiger partial charge in [0.2, 0.25) is 5.91 Å². The highest BCUT2D eigenvalue weighted by molar-refractivity contribution is 5.79. The molecule has 3 aromatic rings. The first-order chi connectivity index (χ1) is 14.1. The minimum atomic E-state index is -0.0281. The molecule has 1 amide bonds. The smallest absolute Gasteiger partial charge is 0.216 e. The Morgan fingerprint density at radius 3 is 2.86 bits per heavy atom. The summed E-state index contributed by atoms with van der Waals surface area (Å²) in [5.41, 5.74) is 3.30. The van der Waals surface area contributed by atoms with Gasteiger partial charge in [-0.3, -0.25) is 9.69 Å². The molecule has 2 aromatic heterocycles. The first kappa shape index (κ1) is 19.4. The number of rotatable bonds is 7. The molecule has 0 radical (unpaired) electrons. The predicted molar refractivity (Wildman–Crippen MR) is 112 cm³/mol. The number of nitrogens with zero attached hydrogens (tertiary/aromatic N) is 4. The predicted octanol–water partition coefficient (Wildman–Crippen LogP) is 2.57. The Kier molecular flexibility index (Phi) is 5.76. The highest BCUT2D eigenvalue weighted by Gasteiger charge is 2.28. The van der Waals surface area contributed by atoms with Gasteiger partial charge in [-0.25, -0.2) is 9.67 Å². The molecule has 4 rings (SSSR count). The number of methoxy groups -OCH3 is 1. The fourth-order valence-electron chi connectivity index (χ4n) is 4.02. The Bertz CT molecular complexity index is 983. The van der Waals surface area contributed by atoms with Gasteiger partial charge >= 0.3 is 0 Å². The van der Waals surface area contributed by atoms with Gasteiger partial charge < -0.3 is 10.1 Å². The van der Waals surface area contributed by atoms with E-state index in [0.29, 0.717) is 19.0 Å². The normalized spacial score (nSPS) is 17.0. The lowest BCUT2D eigenvalue weighted by molar-refractivity contribution is -0.118. The zero-order chi connectivity index (χ0) is 20.2. The molecule has 0 bridgehead atoms. The van der Waals surface area contributed by atoms with Crippen molar-refractivity contribution in [1.29, 1.82) is 0 Å². The molecule has 0 saturated carbocycles. The number of carbonyl (C=O) groups is 1. The Morgan fingerprint density at radius 2 is 2.10 bits per heavy atom. The number of fused-ring (bicyclic) bond motifs is 1. The second-order valence-electron chi connectivity index (χ2n) is 7.53. The fraction of sp³-hybridized carbons (Fsp3) is 0.409. The van der Waals surface area contributed by atoms with Gasteiger partial charge in [0.05, 0.1) is 19.3 Å². The van der Waals surface area contributed by atoms with E-state index < -0.39 is 0 Å². The van der Waals surface area contributed by atoms with Gasteiger partial charge in [-0.1, -0.05) is 12.1 Å². The minimum Gasteiger partial charge on any atom is -0.497 e. The van der Waals surface area contributed by atoms with Crippen molar-refractivity contribution in [2.75, 3.05) is 26.7 Å². The first-order valence-corrected chi connectivity index (χ1v) is 10.0. The first-order valence-electron chi connectivity index (χ1n) is 10.0. The molecule has 1 N–H and O–H groups in total. The third kappa shape index (κ3) is 4.40. The SMILES string of the molecule is COc1ccc(CN2CC[C@@H](c3nn(CCNC(C)=O)c4ncccc34)C2)cc1. The molecule has 1 aliphatic heterocycles. The maximum Gasteiger partial charge on any atom is 0.216 e. The third-order valence-corrected chi connectivity index (χ3v) is 5.46. The summed E-state index contributed by atoms with van der Waals surface area (Å²) in [6.07, 6.45) is 2.89. The number of carbonyl (C=O) groups excluding carboxylic acids is 1. The maximum absolute atomic E-state index is 11.2. The van der Waals surface area contributed by atoms with Crippen LogP contribution in [0.5, 0.6) is 5.75 Å². The summed E-state index contributed by atoms with van der Waals surface area (Å²) in [6.45, 7) is 5.67. The number of nitrogens with one attached hydrogen (secondary N) is 1. The van der Waals surface area contributed by atoms with Crippen LogP contribution >= 0.6 is 0 Å². The number of aromatic nitrogens is 3. The average Bonchev–Trinajstić information content (AvgIpc) is 3.33. The quantitative estimate of drug-likeness (QED) is 0.668. The van der Waals surface area contributed by atoms with Crippen molar-refractivity contribution in [2.24, 2.45) is 0 Å². The minimum absolute atomic E-state index is 0.0281. The van der Waals surface area contributed by atoms with E-state index >= 15 is 0 Å². The second-order valence-corrected chi connectivity index (χ2v) is 7.53. The van der Waals surface area contributed by atoms with E-state index in [1.165, 1.54) is 12.5 Å². The van der Waals surface area contributed by atoms with Crippen LogP contribution in [0.4, 0.5) is 0 Å². The average molecular weight is 393 g/mol. The van der Waals surface area contributed by atoms with Crippen LogP contribution in [0.25, 0.3) is 11.0 Å². The summed E-state index contributed by atoms with van der Waals surface area (Å²) in [4.78, 5) is 18.2. The molecule has 1 aliphatic rings. The van der Waals surface area contributed by atoms with E-state index in [9.17, 15) is 4.79 Å². The molecular weight excluding hydrogens is 366 g/mol. The molecule has 1 aromatic carbocycles. The van der Waals surface area contributed by atoms with Crippen LogP contribution in [0.15, 0.2) is 42.6 Å². The van der Waals surface area contributed by atoms with Crippen LogP contribution in [-0.4, -0.2) is 52.3 Å². The molecule has 29 heavy (non-hydrogen) atoms. The van der Waals surface area contributed by atoms with Gasteiger partial charge in [0, 0.05) is 44.1 Å². The van der Waals surface area contributed by atoms with Gasteiger partial charge in [-0.2, -0.15) is 5.10 Å². The molecule has 1 atom stereocenters. The number of hydrogen-bond donors (Lipinski definition) is 1. The summed E-state index contributed by atoms with van der Waals surface area (Å²) in [7, 11) is 1.69. The molecule has 7 heteroatoms. The summed E-state index contributed by atoms with van der Waals surface area (Å²) in [5.74, 6) is 1.25. The lowest BCUT2D eigenvalue weighted by atomic mass is 10.0. The van der Waals surface area contributed by atoms with E-state index in [0.717, 1.165) is 48.5 Å². The van der Waals surface area contributed by atoms with Crippen molar-refractivity contribution in [3.05, 3.63) is 53.9 Å². The zero-order valence-electron chi connectivity index (χ0n) is 17.0. The topological polar surface area (TPSA) is 72.3 Å². The van der Waals surface area contributed by atoms with Crippen LogP contribution in [0, 0.1) is 0 Å². The largest absolute Gasteiger partial charge is 0.497 e. The number of ether oxygens (including phenoxy) is 1. The Hall–Kier alpha value is -2.93. The zero-order valence-corrected chi connectivity index (χ0v) is 17.0. The van der Waals surface area contributed by atoms with Gasteiger partial charge in [0.15, 0.2) is 5.65 Å². The Morgan fingerprint density at radius 1 is 1.28 bits per heavy atom. The number of likely N-dealkylation sites (tertiary alicyclic amines) is 1. The van der Waals surface area contributed by atoms with Gasteiger partial charge in [0.1, 0.15) is 5.75 Å². The molecule has 0 spiro atoms. The van der Waals surface area contributed by atoms with Crippen LogP contribution in [0.1, 0.15) is 30.5 Å². The number of pyridine rings is 1. The molecule has 7 nitrogen and oxygen atoms in total. The van der Waals surface area contributed by atoms with Gasteiger partial charge in [-0.05, 0) is 42.8 Å². The molecule has 152 valence electrons. The number of amides is 1. The highest BCUT2D eigenvalue weighted by Crippen LogP contribution is 2.32. The monoisotopic (exact) mass is 393 g/mol. The number of hydrogen-bond acceptors (Lipinski definition) is 5. The summed E-state index contributed by atoms with van der Waals surface area (Å²) in [5, 5.41) is 8.84. The molecule has 1 saturated heterocycles. The van der Waals surface area contributed by atoms with Crippen LogP contribution in [0.3, 0.4) is 0 Å². The lowest BCUT2D eigenvalue weighted by Crippen LogP contribution is -2.25. The van der Waals surface area contributed by atoms with Crippen molar-refractivity contribution in [3.63, 3.8) is 0 Å². The van der Waals surface area contributed by atoms with Crippen LogP contribution in [0.2, 0.25) is 0 Å². The van der Waals surface area contributed by atoms with Crippen LogP contribution < -0.4 is 10.1 Å². The standard InChI is InChI=1S/C22H27N5O2/c1-16(28)23-11-13-27-22-20(4-3-10-24-22)21(25-27)18-9-12-26(15-18)14-17-5-7-19(29-2)8-6-17/h3-8,10,18H,9,11-15H2,1-2H3,(H,23,28)/t18-/m1/s1. The lowest BCUT2D eigenvalue weighted by Gasteiger charge is -2.16. The van der Waals surface area contributed by atoms with Gasteiger partial charge in [0.25, 0.3) is 0 Å². The molecular formula is C22H27N5O2. The summed E-state index contributed by atoms with van der Waals surface area (Å²) in [6, 6.07) is 12.4. The van der Waals surface area contributed by atoms with Crippen molar-refractivity contribution < 1.29 is 9.53 Å². The van der Waals surface area contributed by atoms with Crippen molar-refractivity contribution >= 4 is 16.9 Å². The summed E-state index contributed by atoms with van der Waals surface area (Å²) >= 11 is 0.